The molecule has 7 heteroatoms. The van der Waals surface area contributed by atoms with Gasteiger partial charge in [0.2, 0.25) is 17.6 Å². The van der Waals surface area contributed by atoms with Gasteiger partial charge in [-0.05, 0) is 46.6 Å². The molecule has 7 nitrogen and oxygen atoms in total. The molecule has 1 aromatic rings. The van der Waals surface area contributed by atoms with Crippen LogP contribution in [0.4, 0.5) is 0 Å². The number of rotatable bonds is 7. The number of ether oxygens (including phenoxy) is 1. The zero-order valence-electron chi connectivity index (χ0n) is 17.7. The summed E-state index contributed by atoms with van der Waals surface area (Å²) in [6.45, 7) is 7.61. The average molecular weight is 402 g/mol. The summed E-state index contributed by atoms with van der Waals surface area (Å²) < 4.78 is 7.19. The average Bonchev–Trinajstić information content (AvgIpc) is 3.12. The number of carbonyl (C=O) groups excluding carboxylic acids is 4. The number of aromatic nitrogens is 1. The van der Waals surface area contributed by atoms with Crippen LogP contribution in [0.15, 0.2) is 6.07 Å². The molecular weight excluding hydrogens is 372 g/mol. The van der Waals surface area contributed by atoms with Gasteiger partial charge in [-0.3, -0.25) is 24.1 Å². The highest BCUT2D eigenvalue weighted by Gasteiger charge is 2.47. The van der Waals surface area contributed by atoms with Gasteiger partial charge < -0.3 is 9.30 Å². The highest BCUT2D eigenvalue weighted by Crippen LogP contribution is 2.38. The number of hydrogen-bond acceptors (Lipinski definition) is 5. The zero-order chi connectivity index (χ0) is 21.3. The maximum absolute atomic E-state index is 12.5. The SMILES string of the molecule is Cc1cc(C(=O)COC(=O)CCN2C(=O)[C@@H]3CCCC[C@H]3C2=O)c(C)n1C(C)C. The predicted molar refractivity (Wildman–Crippen MR) is 106 cm³/mol. The first-order valence-corrected chi connectivity index (χ1v) is 10.4. The van der Waals surface area contributed by atoms with Crippen molar-refractivity contribution in [2.75, 3.05) is 13.2 Å². The molecule has 0 unspecified atom stereocenters. The molecule has 3 rings (SSSR count). The van der Waals surface area contributed by atoms with Gasteiger partial charge in [0, 0.05) is 29.5 Å². The normalized spacial score (nSPS) is 21.6. The second-order valence-corrected chi connectivity index (χ2v) is 8.41. The van der Waals surface area contributed by atoms with E-state index in [0.29, 0.717) is 5.56 Å². The van der Waals surface area contributed by atoms with Crippen LogP contribution in [-0.4, -0.2) is 46.2 Å². The van der Waals surface area contributed by atoms with Crippen molar-refractivity contribution in [3.63, 3.8) is 0 Å². The molecule has 158 valence electrons. The number of amides is 2. The molecule has 0 spiro atoms. The molecule has 2 fully saturated rings. The molecule has 2 heterocycles. The van der Waals surface area contributed by atoms with E-state index >= 15 is 0 Å². The summed E-state index contributed by atoms with van der Waals surface area (Å²) in [7, 11) is 0. The van der Waals surface area contributed by atoms with Crippen LogP contribution >= 0.6 is 0 Å². The number of aryl methyl sites for hydroxylation is 1. The lowest BCUT2D eigenvalue weighted by atomic mass is 9.81. The number of imide groups is 1. The fourth-order valence-electron chi connectivity index (χ4n) is 4.80. The third-order valence-corrected chi connectivity index (χ3v) is 6.14. The number of fused-ring (bicyclic) bond motifs is 1. The number of carbonyl (C=O) groups is 4. The van der Waals surface area contributed by atoms with E-state index in [1.807, 2.05) is 33.8 Å². The highest BCUT2D eigenvalue weighted by atomic mass is 16.5. The molecule has 0 aromatic carbocycles. The van der Waals surface area contributed by atoms with Gasteiger partial charge in [-0.1, -0.05) is 12.8 Å². The van der Waals surface area contributed by atoms with E-state index in [1.165, 1.54) is 4.90 Å². The third kappa shape index (κ3) is 4.14. The Kier molecular flexibility index (Phi) is 6.24. The summed E-state index contributed by atoms with van der Waals surface area (Å²) >= 11 is 0. The number of hydrogen-bond donors (Lipinski definition) is 0. The van der Waals surface area contributed by atoms with Crippen LogP contribution < -0.4 is 0 Å². The van der Waals surface area contributed by atoms with Crippen molar-refractivity contribution < 1.29 is 23.9 Å². The Balaban J connectivity index is 1.52. The van der Waals surface area contributed by atoms with E-state index in [2.05, 4.69) is 4.57 Å². The Morgan fingerprint density at radius 2 is 1.69 bits per heavy atom. The molecule has 1 aromatic heterocycles. The molecule has 1 saturated heterocycles. The number of nitrogens with zero attached hydrogens (tertiary/aromatic N) is 2. The van der Waals surface area contributed by atoms with E-state index < -0.39 is 5.97 Å². The van der Waals surface area contributed by atoms with Gasteiger partial charge in [0.25, 0.3) is 0 Å². The molecule has 2 aliphatic rings. The Hall–Kier alpha value is -2.44. The summed E-state index contributed by atoms with van der Waals surface area (Å²) in [6.07, 6.45) is 3.35. The van der Waals surface area contributed by atoms with Crippen molar-refractivity contribution >= 4 is 23.6 Å². The smallest absolute Gasteiger partial charge is 0.308 e. The lowest BCUT2D eigenvalue weighted by Gasteiger charge is -2.19. The molecule has 29 heavy (non-hydrogen) atoms. The third-order valence-electron chi connectivity index (χ3n) is 6.14. The monoisotopic (exact) mass is 402 g/mol. The Morgan fingerprint density at radius 1 is 1.10 bits per heavy atom. The van der Waals surface area contributed by atoms with Gasteiger partial charge in [-0.25, -0.2) is 0 Å². The van der Waals surface area contributed by atoms with E-state index in [4.69, 9.17) is 4.74 Å². The van der Waals surface area contributed by atoms with Crippen LogP contribution in [0.3, 0.4) is 0 Å². The first-order chi connectivity index (χ1) is 13.7. The van der Waals surface area contributed by atoms with Gasteiger partial charge in [0.15, 0.2) is 6.61 Å². The number of ketones is 1. The Labute approximate surface area is 171 Å². The van der Waals surface area contributed by atoms with Crippen molar-refractivity contribution in [3.8, 4) is 0 Å². The topological polar surface area (TPSA) is 85.7 Å². The largest absolute Gasteiger partial charge is 0.457 e. The molecule has 2 atom stereocenters. The van der Waals surface area contributed by atoms with Gasteiger partial charge >= 0.3 is 5.97 Å². The van der Waals surface area contributed by atoms with E-state index in [9.17, 15) is 19.2 Å². The van der Waals surface area contributed by atoms with Gasteiger partial charge in [-0.2, -0.15) is 0 Å². The standard InChI is InChI=1S/C22H30N2O5/c1-13(2)24-14(3)11-18(15(24)4)19(25)12-29-20(26)9-10-23-21(27)16-7-5-6-8-17(16)22(23)28/h11,13,16-17H,5-10,12H2,1-4H3/t16-,17-/m1/s1. The first-order valence-electron chi connectivity index (χ1n) is 10.4. The van der Waals surface area contributed by atoms with Crippen LogP contribution in [0.1, 0.15) is 73.7 Å². The molecule has 0 bridgehead atoms. The summed E-state index contributed by atoms with van der Waals surface area (Å²) in [5.41, 5.74) is 2.40. The minimum absolute atomic E-state index is 0.0273. The second kappa shape index (κ2) is 8.51. The van der Waals surface area contributed by atoms with E-state index in [-0.39, 0.29) is 55.0 Å². The van der Waals surface area contributed by atoms with Crippen LogP contribution in [-0.2, 0) is 19.1 Å². The van der Waals surface area contributed by atoms with Crippen molar-refractivity contribution in [2.24, 2.45) is 11.8 Å². The van der Waals surface area contributed by atoms with Crippen LogP contribution in [0.5, 0.6) is 0 Å². The van der Waals surface area contributed by atoms with Crippen molar-refractivity contribution in [3.05, 3.63) is 23.0 Å². The molecular formula is C22H30N2O5. The highest BCUT2D eigenvalue weighted by molar-refractivity contribution is 6.05. The number of esters is 1. The Morgan fingerprint density at radius 3 is 2.21 bits per heavy atom. The van der Waals surface area contributed by atoms with Crippen LogP contribution in [0, 0.1) is 25.7 Å². The molecule has 1 saturated carbocycles. The Bertz CT molecular complexity index is 815. The quantitative estimate of drug-likeness (QED) is 0.398. The lowest BCUT2D eigenvalue weighted by Crippen LogP contribution is -2.33. The summed E-state index contributed by atoms with van der Waals surface area (Å²) in [6, 6.07) is 2.05. The van der Waals surface area contributed by atoms with E-state index in [1.54, 1.807) is 0 Å². The molecule has 2 amide bonds. The van der Waals surface area contributed by atoms with E-state index in [0.717, 1.165) is 37.1 Å². The maximum Gasteiger partial charge on any atom is 0.308 e. The fourth-order valence-corrected chi connectivity index (χ4v) is 4.80. The molecule has 1 aliphatic heterocycles. The summed E-state index contributed by atoms with van der Waals surface area (Å²) in [4.78, 5) is 50.7. The van der Waals surface area contributed by atoms with Gasteiger partial charge in [-0.15, -0.1) is 0 Å². The van der Waals surface area contributed by atoms with Gasteiger partial charge in [0.1, 0.15) is 0 Å². The van der Waals surface area contributed by atoms with Crippen molar-refractivity contribution in [2.45, 2.75) is 65.8 Å². The first kappa shape index (κ1) is 21.3. The maximum atomic E-state index is 12.5. The van der Waals surface area contributed by atoms with Crippen LogP contribution in [0.25, 0.3) is 0 Å². The summed E-state index contributed by atoms with van der Waals surface area (Å²) in [5, 5.41) is 0. The van der Waals surface area contributed by atoms with Crippen molar-refractivity contribution in [1.29, 1.82) is 0 Å². The minimum Gasteiger partial charge on any atom is -0.457 e. The van der Waals surface area contributed by atoms with Crippen LogP contribution in [0.2, 0.25) is 0 Å². The summed E-state index contributed by atoms with van der Waals surface area (Å²) in [5.74, 6) is -1.59. The fraction of sp³-hybridized carbons (Fsp3) is 0.636. The number of likely N-dealkylation sites (tertiary alicyclic amines) is 1. The zero-order valence-corrected chi connectivity index (χ0v) is 17.7. The predicted octanol–water partition coefficient (Wildman–Crippen LogP) is 2.98. The number of Topliss-reactive ketones (excluding diaryl/α,β-unsaturated/α-hetero) is 1. The van der Waals surface area contributed by atoms with Gasteiger partial charge in [0.05, 0.1) is 18.3 Å². The molecule has 1 aliphatic carbocycles. The molecule has 0 N–H and O–H groups in total. The lowest BCUT2D eigenvalue weighted by molar-refractivity contribution is -0.145. The van der Waals surface area contributed by atoms with Crippen molar-refractivity contribution in [1.82, 2.24) is 9.47 Å². The minimum atomic E-state index is -0.577. The molecule has 0 radical (unpaired) electrons. The second-order valence-electron chi connectivity index (χ2n) is 8.41.